The average Bonchev–Trinajstić information content (AvgIpc) is 2.46. The summed E-state index contributed by atoms with van der Waals surface area (Å²) in [6.45, 7) is 0. The van der Waals surface area contributed by atoms with Gasteiger partial charge in [0.05, 0.1) is 19.8 Å². The van der Waals surface area contributed by atoms with Crippen LogP contribution in [-0.2, 0) is 0 Å². The van der Waals surface area contributed by atoms with Gasteiger partial charge in [-0.05, 0) is 12.1 Å². The number of H-pyrrole nitrogens is 1. The highest BCUT2D eigenvalue weighted by Crippen LogP contribution is 2.32. The number of methoxy groups -OCH3 is 2. The van der Waals surface area contributed by atoms with E-state index in [1.807, 2.05) is 6.07 Å². The second-order valence-corrected chi connectivity index (χ2v) is 3.67. The molecule has 0 amide bonds. The summed E-state index contributed by atoms with van der Waals surface area (Å²) in [5, 5.41) is 15.3. The Kier molecular flexibility index (Phi) is 3.48. The van der Waals surface area contributed by atoms with E-state index in [0.29, 0.717) is 22.8 Å². The predicted octanol–water partition coefficient (Wildman–Crippen LogP) is 1.33. The highest BCUT2D eigenvalue weighted by molar-refractivity contribution is 5.72. The number of hydrogen-bond donors (Lipinski definition) is 1. The van der Waals surface area contributed by atoms with E-state index < -0.39 is 5.56 Å². The molecule has 1 aromatic heterocycles. The Hall–Kier alpha value is -2.81. The van der Waals surface area contributed by atoms with E-state index in [0.717, 1.165) is 0 Å². The fourth-order valence-corrected chi connectivity index (χ4v) is 1.69. The third-order valence-electron chi connectivity index (χ3n) is 2.59. The molecule has 0 saturated carbocycles. The van der Waals surface area contributed by atoms with E-state index in [1.54, 1.807) is 25.3 Å². The molecule has 0 bridgehead atoms. The maximum Gasteiger partial charge on any atom is 0.265 e. The van der Waals surface area contributed by atoms with Crippen molar-refractivity contribution in [3.05, 3.63) is 40.2 Å². The van der Waals surface area contributed by atoms with Gasteiger partial charge in [-0.25, -0.2) is 5.10 Å². The van der Waals surface area contributed by atoms with Gasteiger partial charge < -0.3 is 9.47 Å². The number of rotatable bonds is 3. The van der Waals surface area contributed by atoms with Crippen molar-refractivity contribution in [1.82, 2.24) is 10.2 Å². The number of nitriles is 1. The maximum absolute atomic E-state index is 11.2. The number of aromatic nitrogens is 2. The van der Waals surface area contributed by atoms with Crippen LogP contribution in [0.4, 0.5) is 0 Å². The number of hydrogen-bond acceptors (Lipinski definition) is 5. The first kappa shape index (κ1) is 12.6. The van der Waals surface area contributed by atoms with E-state index in [4.69, 9.17) is 14.7 Å². The fraction of sp³-hybridized carbons (Fsp3) is 0.154. The van der Waals surface area contributed by atoms with Crippen LogP contribution in [0.1, 0.15) is 5.56 Å². The predicted molar refractivity (Wildman–Crippen MR) is 68.1 cm³/mol. The molecule has 6 nitrogen and oxygen atoms in total. The summed E-state index contributed by atoms with van der Waals surface area (Å²) in [4.78, 5) is 11.2. The van der Waals surface area contributed by atoms with Crippen molar-refractivity contribution in [3.8, 4) is 28.8 Å². The number of nitrogens with one attached hydrogen (secondary N) is 1. The number of ether oxygens (including phenoxy) is 2. The molecule has 0 fully saturated rings. The molecule has 0 saturated heterocycles. The van der Waals surface area contributed by atoms with Crippen LogP contribution in [0, 0.1) is 11.3 Å². The molecular formula is C13H11N3O3. The smallest absolute Gasteiger partial charge is 0.265 e. The summed E-state index contributed by atoms with van der Waals surface area (Å²) < 4.78 is 10.4. The summed E-state index contributed by atoms with van der Waals surface area (Å²) >= 11 is 0. The SMILES string of the molecule is COc1ccc(-c2n[nH]c(=O)cc2C#N)c(OC)c1. The molecule has 1 N–H and O–H groups in total. The second kappa shape index (κ2) is 5.23. The Labute approximate surface area is 109 Å². The van der Waals surface area contributed by atoms with Gasteiger partial charge >= 0.3 is 0 Å². The fourth-order valence-electron chi connectivity index (χ4n) is 1.69. The first-order chi connectivity index (χ1) is 9.19. The Morgan fingerprint density at radius 3 is 2.68 bits per heavy atom. The van der Waals surface area contributed by atoms with Crippen molar-refractivity contribution in [1.29, 1.82) is 5.26 Å². The van der Waals surface area contributed by atoms with Gasteiger partial charge in [-0.15, -0.1) is 0 Å². The minimum atomic E-state index is -0.423. The lowest BCUT2D eigenvalue weighted by atomic mass is 10.1. The van der Waals surface area contributed by atoms with Crippen LogP contribution in [0.15, 0.2) is 29.1 Å². The zero-order valence-electron chi connectivity index (χ0n) is 10.4. The lowest BCUT2D eigenvalue weighted by molar-refractivity contribution is 0.395. The Bertz CT molecular complexity index is 701. The lowest BCUT2D eigenvalue weighted by Crippen LogP contribution is -2.09. The van der Waals surface area contributed by atoms with Crippen LogP contribution in [-0.4, -0.2) is 24.4 Å². The third-order valence-corrected chi connectivity index (χ3v) is 2.59. The normalized spacial score (nSPS) is 9.74. The lowest BCUT2D eigenvalue weighted by Gasteiger charge is -2.10. The largest absolute Gasteiger partial charge is 0.497 e. The molecule has 0 spiro atoms. The van der Waals surface area contributed by atoms with Gasteiger partial charge in [-0.2, -0.15) is 10.4 Å². The van der Waals surface area contributed by atoms with Crippen LogP contribution in [0.2, 0.25) is 0 Å². The molecule has 0 aliphatic heterocycles. The van der Waals surface area contributed by atoms with Crippen molar-refractivity contribution < 1.29 is 9.47 Å². The van der Waals surface area contributed by atoms with Crippen molar-refractivity contribution in [2.24, 2.45) is 0 Å². The van der Waals surface area contributed by atoms with Crippen LogP contribution >= 0.6 is 0 Å². The van der Waals surface area contributed by atoms with Gasteiger partial charge in [-0.1, -0.05) is 0 Å². The van der Waals surface area contributed by atoms with Crippen molar-refractivity contribution in [3.63, 3.8) is 0 Å². The van der Waals surface area contributed by atoms with Gasteiger partial charge in [0.25, 0.3) is 5.56 Å². The van der Waals surface area contributed by atoms with Gasteiger partial charge in [0.15, 0.2) is 0 Å². The molecule has 19 heavy (non-hydrogen) atoms. The molecule has 1 aromatic carbocycles. The van der Waals surface area contributed by atoms with Gasteiger partial charge in [0.1, 0.15) is 23.3 Å². The Morgan fingerprint density at radius 2 is 2.05 bits per heavy atom. The summed E-state index contributed by atoms with van der Waals surface area (Å²) in [6.07, 6.45) is 0. The molecular weight excluding hydrogens is 246 g/mol. The molecule has 0 unspecified atom stereocenters. The van der Waals surface area contributed by atoms with Crippen molar-refractivity contribution in [2.75, 3.05) is 14.2 Å². The highest BCUT2D eigenvalue weighted by atomic mass is 16.5. The monoisotopic (exact) mass is 257 g/mol. The summed E-state index contributed by atoms with van der Waals surface area (Å²) in [7, 11) is 3.06. The molecule has 1 heterocycles. The number of aromatic amines is 1. The Balaban J connectivity index is 2.65. The first-order valence-electron chi connectivity index (χ1n) is 5.42. The van der Waals surface area contributed by atoms with Gasteiger partial charge in [0, 0.05) is 17.7 Å². The molecule has 0 atom stereocenters. The van der Waals surface area contributed by atoms with E-state index in [-0.39, 0.29) is 5.56 Å². The zero-order valence-corrected chi connectivity index (χ0v) is 10.4. The Morgan fingerprint density at radius 1 is 1.26 bits per heavy atom. The van der Waals surface area contributed by atoms with E-state index >= 15 is 0 Å². The van der Waals surface area contributed by atoms with Crippen LogP contribution in [0.3, 0.4) is 0 Å². The molecule has 0 aliphatic rings. The summed E-state index contributed by atoms with van der Waals surface area (Å²) in [5.41, 5.74) is 0.734. The molecule has 2 rings (SSSR count). The van der Waals surface area contributed by atoms with Gasteiger partial charge in [0.2, 0.25) is 0 Å². The minimum Gasteiger partial charge on any atom is -0.497 e. The number of nitrogens with zero attached hydrogens (tertiary/aromatic N) is 2. The van der Waals surface area contributed by atoms with E-state index in [2.05, 4.69) is 10.2 Å². The standard InChI is InChI=1S/C13H11N3O3/c1-18-9-3-4-10(11(6-9)19-2)13-8(7-14)5-12(17)15-16-13/h3-6H,1-2H3,(H,15,17). The average molecular weight is 257 g/mol. The molecule has 0 aliphatic carbocycles. The van der Waals surface area contributed by atoms with Crippen molar-refractivity contribution >= 4 is 0 Å². The van der Waals surface area contributed by atoms with Crippen molar-refractivity contribution in [2.45, 2.75) is 0 Å². The van der Waals surface area contributed by atoms with Gasteiger partial charge in [-0.3, -0.25) is 4.79 Å². The second-order valence-electron chi connectivity index (χ2n) is 3.67. The first-order valence-corrected chi connectivity index (χ1v) is 5.42. The van der Waals surface area contributed by atoms with E-state index in [9.17, 15) is 4.79 Å². The highest BCUT2D eigenvalue weighted by Gasteiger charge is 2.13. The summed E-state index contributed by atoms with van der Waals surface area (Å²) in [6, 6.07) is 8.28. The molecule has 6 heteroatoms. The molecule has 0 radical (unpaired) electrons. The third kappa shape index (κ3) is 2.40. The molecule has 96 valence electrons. The summed E-state index contributed by atoms with van der Waals surface area (Å²) in [5.74, 6) is 1.14. The maximum atomic E-state index is 11.2. The number of benzene rings is 1. The van der Waals surface area contributed by atoms with Crippen LogP contribution in [0.5, 0.6) is 11.5 Å². The van der Waals surface area contributed by atoms with Crippen LogP contribution < -0.4 is 15.0 Å². The zero-order chi connectivity index (χ0) is 13.8. The van der Waals surface area contributed by atoms with E-state index in [1.165, 1.54) is 13.2 Å². The minimum absolute atomic E-state index is 0.187. The van der Waals surface area contributed by atoms with Crippen LogP contribution in [0.25, 0.3) is 11.3 Å². The topological polar surface area (TPSA) is 88.0 Å². The molecule has 2 aromatic rings. The quantitative estimate of drug-likeness (QED) is 0.896.